The molecule has 1 rings (SSSR count). The molecule has 0 saturated heterocycles. The molecule has 96 valence electrons. The topological polar surface area (TPSA) is 21.3 Å². The summed E-state index contributed by atoms with van der Waals surface area (Å²) in [7, 11) is 0. The molecule has 1 atom stereocenters. The van der Waals surface area contributed by atoms with E-state index in [2.05, 4.69) is 4.74 Å². The van der Waals surface area contributed by atoms with Gasteiger partial charge in [0, 0.05) is 0 Å². The molecule has 0 fully saturated rings. The number of nitrogens with one attached hydrogen (secondary N) is 1. The number of ether oxygens (including phenoxy) is 1. The SMILES string of the molecule is FC(F)Oc1ccccc1NC(F)C(F)(F)F. The molecule has 1 unspecified atom stereocenters. The van der Waals surface area contributed by atoms with Crippen molar-refractivity contribution in [1.29, 1.82) is 0 Å². The highest BCUT2D eigenvalue weighted by molar-refractivity contribution is 5.56. The van der Waals surface area contributed by atoms with Gasteiger partial charge < -0.3 is 10.1 Å². The average Bonchev–Trinajstić information content (AvgIpc) is 2.18. The third-order valence-corrected chi connectivity index (χ3v) is 1.67. The first-order valence-corrected chi connectivity index (χ1v) is 4.32. The molecule has 0 aliphatic carbocycles. The summed E-state index contributed by atoms with van der Waals surface area (Å²) in [6.07, 6.45) is -8.48. The van der Waals surface area contributed by atoms with E-state index in [4.69, 9.17) is 0 Å². The van der Waals surface area contributed by atoms with Crippen molar-refractivity contribution >= 4 is 5.69 Å². The highest BCUT2D eigenvalue weighted by atomic mass is 19.4. The predicted octanol–water partition coefficient (Wildman–Crippen LogP) is 3.56. The van der Waals surface area contributed by atoms with Gasteiger partial charge in [0.2, 0.25) is 0 Å². The largest absolute Gasteiger partial charge is 0.438 e. The molecule has 17 heavy (non-hydrogen) atoms. The van der Waals surface area contributed by atoms with Gasteiger partial charge in [-0.1, -0.05) is 12.1 Å². The van der Waals surface area contributed by atoms with Crippen molar-refractivity contribution in [2.24, 2.45) is 0 Å². The minimum absolute atomic E-state index is 0.502. The Morgan fingerprint density at radius 2 is 1.65 bits per heavy atom. The van der Waals surface area contributed by atoms with Crippen molar-refractivity contribution in [2.45, 2.75) is 19.1 Å². The smallest absolute Gasteiger partial charge is 0.433 e. The molecule has 0 amide bonds. The van der Waals surface area contributed by atoms with Crippen LogP contribution in [0.1, 0.15) is 0 Å². The van der Waals surface area contributed by atoms with Crippen LogP contribution < -0.4 is 10.1 Å². The average molecular weight is 259 g/mol. The minimum Gasteiger partial charge on any atom is -0.433 e. The zero-order chi connectivity index (χ0) is 13.1. The fourth-order valence-electron chi connectivity index (χ4n) is 1.00. The normalized spacial score (nSPS) is 13.6. The molecule has 1 aromatic carbocycles. The van der Waals surface area contributed by atoms with E-state index in [1.807, 2.05) is 0 Å². The molecule has 0 radical (unpaired) electrons. The summed E-state index contributed by atoms with van der Waals surface area (Å²) in [5, 5.41) is 1.41. The van der Waals surface area contributed by atoms with E-state index in [0.717, 1.165) is 12.1 Å². The Morgan fingerprint density at radius 3 is 2.18 bits per heavy atom. The van der Waals surface area contributed by atoms with Crippen LogP contribution in [0, 0.1) is 0 Å². The van der Waals surface area contributed by atoms with E-state index in [9.17, 15) is 26.3 Å². The number of benzene rings is 1. The Hall–Kier alpha value is -1.60. The van der Waals surface area contributed by atoms with Crippen molar-refractivity contribution in [3.05, 3.63) is 24.3 Å². The van der Waals surface area contributed by atoms with Crippen LogP contribution >= 0.6 is 0 Å². The van der Waals surface area contributed by atoms with Crippen LogP contribution in [0.25, 0.3) is 0 Å². The summed E-state index contributed by atoms with van der Waals surface area (Å²) in [6, 6.07) is 4.51. The number of halogens is 6. The van der Waals surface area contributed by atoms with Crippen molar-refractivity contribution in [3.8, 4) is 5.75 Å². The molecule has 0 bridgehead atoms. The quantitative estimate of drug-likeness (QED) is 0.659. The molecule has 8 heteroatoms. The summed E-state index contributed by atoms with van der Waals surface area (Å²) in [5.41, 5.74) is -0.502. The van der Waals surface area contributed by atoms with E-state index in [-0.39, 0.29) is 0 Å². The molecule has 0 heterocycles. The van der Waals surface area contributed by atoms with Gasteiger partial charge in [-0.05, 0) is 12.1 Å². The van der Waals surface area contributed by atoms with Gasteiger partial charge in [0.15, 0.2) is 0 Å². The van der Waals surface area contributed by atoms with Crippen molar-refractivity contribution in [3.63, 3.8) is 0 Å². The van der Waals surface area contributed by atoms with Gasteiger partial charge in [-0.15, -0.1) is 0 Å². The maximum atomic E-state index is 12.6. The Morgan fingerprint density at radius 1 is 1.06 bits per heavy atom. The summed E-state index contributed by atoms with van der Waals surface area (Å²) < 4.78 is 76.1. The Balaban J connectivity index is 2.83. The molecule has 0 aliphatic heterocycles. The highest BCUT2D eigenvalue weighted by Gasteiger charge is 2.40. The Bertz CT molecular complexity index is 367. The van der Waals surface area contributed by atoms with Gasteiger partial charge in [-0.2, -0.15) is 22.0 Å². The standard InChI is InChI=1S/C9H7F6NO/c10-7(9(13,14)15)16-5-3-1-2-4-6(5)17-8(11)12/h1-4,7-8,16H. The number of hydrogen-bond acceptors (Lipinski definition) is 2. The monoisotopic (exact) mass is 259 g/mol. The molecule has 0 aromatic heterocycles. The maximum Gasteiger partial charge on any atom is 0.438 e. The van der Waals surface area contributed by atoms with E-state index in [1.165, 1.54) is 17.4 Å². The lowest BCUT2D eigenvalue weighted by Crippen LogP contribution is -2.32. The van der Waals surface area contributed by atoms with Crippen LogP contribution in [0.15, 0.2) is 24.3 Å². The lowest BCUT2D eigenvalue weighted by Gasteiger charge is -2.17. The second-order valence-electron chi connectivity index (χ2n) is 2.92. The van der Waals surface area contributed by atoms with E-state index >= 15 is 0 Å². The van der Waals surface area contributed by atoms with Crippen LogP contribution in [0.3, 0.4) is 0 Å². The second kappa shape index (κ2) is 5.15. The zero-order valence-electron chi connectivity index (χ0n) is 8.14. The van der Waals surface area contributed by atoms with Crippen LogP contribution in [0.2, 0.25) is 0 Å². The van der Waals surface area contributed by atoms with Gasteiger partial charge in [0.05, 0.1) is 5.69 Å². The molecule has 0 spiro atoms. The highest BCUT2D eigenvalue weighted by Crippen LogP contribution is 2.30. The Kier molecular flexibility index (Phi) is 4.08. The van der Waals surface area contributed by atoms with E-state index in [1.54, 1.807) is 0 Å². The first-order valence-electron chi connectivity index (χ1n) is 4.32. The van der Waals surface area contributed by atoms with Crippen molar-refractivity contribution in [2.75, 3.05) is 5.32 Å². The van der Waals surface area contributed by atoms with Crippen molar-refractivity contribution < 1.29 is 31.1 Å². The summed E-state index contributed by atoms with van der Waals surface area (Å²) in [4.78, 5) is 0. The first-order chi connectivity index (χ1) is 7.80. The van der Waals surface area contributed by atoms with E-state index in [0.29, 0.717) is 0 Å². The molecule has 2 nitrogen and oxygen atoms in total. The molecule has 0 aliphatic rings. The number of hydrogen-bond donors (Lipinski definition) is 1. The van der Waals surface area contributed by atoms with Crippen LogP contribution in [0.4, 0.5) is 32.0 Å². The lowest BCUT2D eigenvalue weighted by atomic mass is 10.3. The lowest BCUT2D eigenvalue weighted by molar-refractivity contribution is -0.172. The minimum atomic E-state index is -5.13. The van der Waals surface area contributed by atoms with Crippen LogP contribution in [-0.2, 0) is 0 Å². The number of para-hydroxylation sites is 2. The number of anilines is 1. The van der Waals surface area contributed by atoms with Gasteiger partial charge in [0.25, 0.3) is 6.30 Å². The predicted molar refractivity (Wildman–Crippen MR) is 47.6 cm³/mol. The number of rotatable bonds is 4. The van der Waals surface area contributed by atoms with E-state index < -0.39 is 30.5 Å². The maximum absolute atomic E-state index is 12.6. The molecular formula is C9H7F6NO. The van der Waals surface area contributed by atoms with Gasteiger partial charge >= 0.3 is 12.8 Å². The fourth-order valence-corrected chi connectivity index (χ4v) is 1.00. The number of alkyl halides is 6. The fraction of sp³-hybridized carbons (Fsp3) is 0.333. The molecule has 1 aromatic rings. The first kappa shape index (κ1) is 13.5. The second-order valence-corrected chi connectivity index (χ2v) is 2.92. The zero-order valence-corrected chi connectivity index (χ0v) is 8.14. The van der Waals surface area contributed by atoms with Crippen LogP contribution in [0.5, 0.6) is 5.75 Å². The third-order valence-electron chi connectivity index (χ3n) is 1.67. The van der Waals surface area contributed by atoms with Gasteiger partial charge in [-0.3, -0.25) is 0 Å². The molecule has 0 saturated carbocycles. The van der Waals surface area contributed by atoms with Crippen LogP contribution in [-0.4, -0.2) is 19.1 Å². The molecule has 1 N–H and O–H groups in total. The van der Waals surface area contributed by atoms with Crippen molar-refractivity contribution in [1.82, 2.24) is 0 Å². The van der Waals surface area contributed by atoms with Gasteiger partial charge in [0.1, 0.15) is 5.75 Å². The summed E-state index contributed by atoms with van der Waals surface area (Å²) in [5.74, 6) is -0.561. The van der Waals surface area contributed by atoms with Gasteiger partial charge in [-0.25, -0.2) is 4.39 Å². The third kappa shape index (κ3) is 4.04. The molecular weight excluding hydrogens is 252 g/mol. The Labute approximate surface area is 92.2 Å². The summed E-state index contributed by atoms with van der Waals surface area (Å²) in [6.45, 7) is -3.21. The summed E-state index contributed by atoms with van der Waals surface area (Å²) >= 11 is 0.